The summed E-state index contributed by atoms with van der Waals surface area (Å²) in [7, 11) is 3.87. The molecule has 0 saturated heterocycles. The van der Waals surface area contributed by atoms with Gasteiger partial charge in [-0.1, -0.05) is 6.58 Å². The number of hydrogen-bond acceptors (Lipinski definition) is 2. The van der Waals surface area contributed by atoms with Gasteiger partial charge < -0.3 is 9.32 Å². The summed E-state index contributed by atoms with van der Waals surface area (Å²) in [5, 5.41) is 0. The molecule has 0 aliphatic carbocycles. The lowest BCUT2D eigenvalue weighted by atomic mass is 10.3. The summed E-state index contributed by atoms with van der Waals surface area (Å²) >= 11 is 0. The second-order valence-corrected chi connectivity index (χ2v) is 2.32. The summed E-state index contributed by atoms with van der Waals surface area (Å²) in [5.41, 5.74) is 0.894. The highest BCUT2D eigenvalue weighted by Gasteiger charge is 2.01. The fourth-order valence-electron chi connectivity index (χ4n) is 0.663. The van der Waals surface area contributed by atoms with Crippen LogP contribution in [0.5, 0.6) is 0 Å². The lowest BCUT2D eigenvalue weighted by molar-refractivity contribution is 0.509. The third kappa shape index (κ3) is 1.21. The molecule has 0 atom stereocenters. The SMILES string of the molecule is C=C(c1ccco1)N(C)C. The van der Waals surface area contributed by atoms with Gasteiger partial charge in [-0.3, -0.25) is 0 Å². The molecule has 1 aromatic rings. The summed E-state index contributed by atoms with van der Waals surface area (Å²) in [5.74, 6) is 0.824. The average Bonchev–Trinajstić information content (AvgIpc) is 2.36. The number of furan rings is 1. The van der Waals surface area contributed by atoms with E-state index in [0.29, 0.717) is 0 Å². The Hall–Kier alpha value is -1.18. The molecule has 0 saturated carbocycles. The van der Waals surface area contributed by atoms with E-state index in [9.17, 15) is 0 Å². The van der Waals surface area contributed by atoms with Crippen LogP contribution in [-0.4, -0.2) is 19.0 Å². The smallest absolute Gasteiger partial charge is 0.149 e. The van der Waals surface area contributed by atoms with Crippen LogP contribution in [-0.2, 0) is 0 Å². The second kappa shape index (κ2) is 2.60. The van der Waals surface area contributed by atoms with E-state index in [1.54, 1.807) is 6.26 Å². The zero-order valence-electron chi connectivity index (χ0n) is 6.29. The standard InChI is InChI=1S/C8H11NO/c1-7(9(2)3)8-5-4-6-10-8/h4-6H,1H2,2-3H3. The predicted octanol–water partition coefficient (Wildman–Crippen LogP) is 1.81. The third-order valence-corrected chi connectivity index (χ3v) is 1.35. The van der Waals surface area contributed by atoms with Crippen LogP contribution in [0.15, 0.2) is 29.4 Å². The van der Waals surface area contributed by atoms with Crippen molar-refractivity contribution >= 4 is 5.70 Å². The van der Waals surface area contributed by atoms with E-state index in [1.807, 2.05) is 31.1 Å². The van der Waals surface area contributed by atoms with Gasteiger partial charge in [0.15, 0.2) is 0 Å². The molecule has 1 rings (SSSR count). The van der Waals surface area contributed by atoms with Gasteiger partial charge >= 0.3 is 0 Å². The van der Waals surface area contributed by atoms with Gasteiger partial charge in [0, 0.05) is 14.1 Å². The van der Waals surface area contributed by atoms with Crippen LogP contribution in [0.25, 0.3) is 5.70 Å². The van der Waals surface area contributed by atoms with Crippen LogP contribution in [0.1, 0.15) is 5.76 Å². The molecule has 1 heterocycles. The Labute approximate surface area is 60.8 Å². The van der Waals surface area contributed by atoms with Crippen LogP contribution in [0.3, 0.4) is 0 Å². The van der Waals surface area contributed by atoms with Gasteiger partial charge in [-0.2, -0.15) is 0 Å². The Morgan fingerprint density at radius 1 is 1.60 bits per heavy atom. The van der Waals surface area contributed by atoms with Gasteiger partial charge in [0.2, 0.25) is 0 Å². The number of nitrogens with zero attached hydrogens (tertiary/aromatic N) is 1. The first kappa shape index (κ1) is 6.93. The molecule has 0 aliphatic rings. The molecule has 0 radical (unpaired) electrons. The summed E-state index contributed by atoms with van der Waals surface area (Å²) in [6, 6.07) is 3.74. The van der Waals surface area contributed by atoms with Crippen molar-refractivity contribution in [3.8, 4) is 0 Å². The lowest BCUT2D eigenvalue weighted by Gasteiger charge is -2.12. The summed E-state index contributed by atoms with van der Waals surface area (Å²) in [6.45, 7) is 3.83. The van der Waals surface area contributed by atoms with Crippen molar-refractivity contribution in [2.24, 2.45) is 0 Å². The molecule has 0 unspecified atom stereocenters. The molecule has 0 N–H and O–H groups in total. The van der Waals surface area contributed by atoms with Gasteiger partial charge in [-0.15, -0.1) is 0 Å². The van der Waals surface area contributed by atoms with E-state index in [0.717, 1.165) is 11.5 Å². The third-order valence-electron chi connectivity index (χ3n) is 1.35. The summed E-state index contributed by atoms with van der Waals surface area (Å²) < 4.78 is 5.12. The number of hydrogen-bond donors (Lipinski definition) is 0. The predicted molar refractivity (Wildman–Crippen MR) is 41.4 cm³/mol. The summed E-state index contributed by atoms with van der Waals surface area (Å²) in [4.78, 5) is 1.92. The van der Waals surface area contributed by atoms with Crippen molar-refractivity contribution in [3.63, 3.8) is 0 Å². The number of rotatable bonds is 2. The Morgan fingerprint density at radius 3 is 2.70 bits per heavy atom. The van der Waals surface area contributed by atoms with E-state index in [1.165, 1.54) is 0 Å². The Morgan fingerprint density at radius 2 is 2.30 bits per heavy atom. The molecule has 0 aliphatic heterocycles. The minimum absolute atomic E-state index is 0.824. The molecule has 0 aromatic carbocycles. The van der Waals surface area contributed by atoms with Gasteiger partial charge in [0.1, 0.15) is 5.76 Å². The van der Waals surface area contributed by atoms with E-state index < -0.39 is 0 Å². The molecular weight excluding hydrogens is 126 g/mol. The second-order valence-electron chi connectivity index (χ2n) is 2.32. The Balaban J connectivity index is 2.78. The topological polar surface area (TPSA) is 16.4 Å². The van der Waals surface area contributed by atoms with Crippen LogP contribution in [0, 0.1) is 0 Å². The average molecular weight is 137 g/mol. The maximum atomic E-state index is 5.12. The molecule has 2 heteroatoms. The maximum absolute atomic E-state index is 5.12. The lowest BCUT2D eigenvalue weighted by Crippen LogP contribution is -2.07. The maximum Gasteiger partial charge on any atom is 0.149 e. The Kier molecular flexibility index (Phi) is 1.81. The van der Waals surface area contributed by atoms with E-state index in [2.05, 4.69) is 6.58 Å². The van der Waals surface area contributed by atoms with Gasteiger partial charge in [0.25, 0.3) is 0 Å². The van der Waals surface area contributed by atoms with Crippen LogP contribution in [0.4, 0.5) is 0 Å². The molecule has 0 fully saturated rings. The molecule has 54 valence electrons. The highest BCUT2D eigenvalue weighted by Crippen LogP contribution is 2.13. The molecule has 1 aromatic heterocycles. The molecular formula is C8H11NO. The van der Waals surface area contributed by atoms with Gasteiger partial charge in [-0.05, 0) is 12.1 Å². The first-order valence-electron chi connectivity index (χ1n) is 3.12. The first-order valence-corrected chi connectivity index (χ1v) is 3.12. The molecule has 10 heavy (non-hydrogen) atoms. The minimum atomic E-state index is 0.824. The molecule has 0 bridgehead atoms. The largest absolute Gasteiger partial charge is 0.463 e. The van der Waals surface area contributed by atoms with Crippen molar-refractivity contribution < 1.29 is 4.42 Å². The monoisotopic (exact) mass is 137 g/mol. The minimum Gasteiger partial charge on any atom is -0.463 e. The quantitative estimate of drug-likeness (QED) is 0.618. The highest BCUT2D eigenvalue weighted by atomic mass is 16.3. The van der Waals surface area contributed by atoms with E-state index in [-0.39, 0.29) is 0 Å². The zero-order valence-corrected chi connectivity index (χ0v) is 6.29. The fraction of sp³-hybridized carbons (Fsp3) is 0.250. The van der Waals surface area contributed by atoms with Crippen molar-refractivity contribution in [2.75, 3.05) is 14.1 Å². The van der Waals surface area contributed by atoms with Crippen molar-refractivity contribution in [3.05, 3.63) is 30.7 Å². The normalized spacial score (nSPS) is 9.40. The molecule has 0 amide bonds. The fourth-order valence-corrected chi connectivity index (χ4v) is 0.663. The van der Waals surface area contributed by atoms with Crippen LogP contribution >= 0.6 is 0 Å². The van der Waals surface area contributed by atoms with E-state index >= 15 is 0 Å². The van der Waals surface area contributed by atoms with Gasteiger partial charge in [0.05, 0.1) is 12.0 Å². The first-order chi connectivity index (χ1) is 4.72. The van der Waals surface area contributed by atoms with E-state index in [4.69, 9.17) is 4.42 Å². The molecule has 0 spiro atoms. The Bertz CT molecular complexity index is 211. The van der Waals surface area contributed by atoms with Gasteiger partial charge in [-0.25, -0.2) is 0 Å². The zero-order chi connectivity index (χ0) is 7.56. The van der Waals surface area contributed by atoms with Crippen LogP contribution < -0.4 is 0 Å². The van der Waals surface area contributed by atoms with Crippen molar-refractivity contribution in [1.82, 2.24) is 4.90 Å². The highest BCUT2D eigenvalue weighted by molar-refractivity contribution is 5.55. The van der Waals surface area contributed by atoms with Crippen molar-refractivity contribution in [1.29, 1.82) is 0 Å². The molecule has 2 nitrogen and oxygen atoms in total. The summed E-state index contributed by atoms with van der Waals surface area (Å²) in [6.07, 6.45) is 1.64. The van der Waals surface area contributed by atoms with Crippen molar-refractivity contribution in [2.45, 2.75) is 0 Å². The van der Waals surface area contributed by atoms with Crippen LogP contribution in [0.2, 0.25) is 0 Å².